The summed E-state index contributed by atoms with van der Waals surface area (Å²) in [4.78, 5) is 44.2. The largest absolute Gasteiger partial charge is 0.344 e. The Labute approximate surface area is 253 Å². The van der Waals surface area contributed by atoms with Gasteiger partial charge in [-0.3, -0.25) is 14.4 Å². The van der Waals surface area contributed by atoms with Crippen molar-refractivity contribution in [1.29, 1.82) is 0 Å². The maximum atomic E-state index is 14.0. The summed E-state index contributed by atoms with van der Waals surface area (Å²) in [5.74, 6) is -1.07. The highest BCUT2D eigenvalue weighted by molar-refractivity contribution is 5.92. The molecule has 0 radical (unpaired) electrons. The number of benzene rings is 2. The van der Waals surface area contributed by atoms with Crippen LogP contribution in [0.25, 0.3) is 5.69 Å². The fourth-order valence-electron chi connectivity index (χ4n) is 5.28. The van der Waals surface area contributed by atoms with Crippen LogP contribution >= 0.6 is 0 Å². The molecular weight excluding hydrogens is 547 g/mol. The SMILES string of the molecule is CC[C@@H](C)C(=O)N[C@H](C(=O)N1CCC[C@H]1CN(CCc1ccc(F)cc1)C(=O)c1cn(-c2ccccc2)nn1)C(C)(C)C. The second-order valence-electron chi connectivity index (χ2n) is 12.5. The number of rotatable bonds is 11. The summed E-state index contributed by atoms with van der Waals surface area (Å²) < 4.78 is 15.1. The highest BCUT2D eigenvalue weighted by Crippen LogP contribution is 2.27. The van der Waals surface area contributed by atoms with E-state index < -0.39 is 11.5 Å². The molecule has 4 rings (SSSR count). The topological polar surface area (TPSA) is 100 Å². The normalized spacial score (nSPS) is 16.5. The van der Waals surface area contributed by atoms with Crippen molar-refractivity contribution in [3.05, 3.63) is 77.9 Å². The third-order valence-corrected chi connectivity index (χ3v) is 8.15. The number of hydrogen-bond donors (Lipinski definition) is 1. The fraction of sp³-hybridized carbons (Fsp3) is 0.485. The molecule has 2 heterocycles. The molecule has 0 saturated carbocycles. The van der Waals surface area contributed by atoms with Crippen LogP contribution < -0.4 is 5.32 Å². The molecule has 1 saturated heterocycles. The molecule has 1 aromatic heterocycles. The Balaban J connectivity index is 1.56. The lowest BCUT2D eigenvalue weighted by Gasteiger charge is -2.37. The maximum Gasteiger partial charge on any atom is 0.276 e. The summed E-state index contributed by atoms with van der Waals surface area (Å²) in [5, 5.41) is 11.3. The van der Waals surface area contributed by atoms with E-state index in [2.05, 4.69) is 15.6 Å². The average molecular weight is 591 g/mol. The number of nitrogens with zero attached hydrogens (tertiary/aromatic N) is 5. The summed E-state index contributed by atoms with van der Waals surface area (Å²) in [6.45, 7) is 10.9. The number of nitrogens with one attached hydrogen (secondary N) is 1. The monoisotopic (exact) mass is 590 g/mol. The van der Waals surface area contributed by atoms with Gasteiger partial charge in [-0.2, -0.15) is 0 Å². The molecule has 0 spiro atoms. The molecule has 1 N–H and O–H groups in total. The van der Waals surface area contributed by atoms with Crippen LogP contribution in [0.4, 0.5) is 4.39 Å². The van der Waals surface area contributed by atoms with Gasteiger partial charge in [-0.05, 0) is 60.9 Å². The third kappa shape index (κ3) is 8.06. The number of aromatic nitrogens is 3. The van der Waals surface area contributed by atoms with E-state index in [0.717, 1.165) is 24.1 Å². The standard InChI is InChI=1S/C33H43FN6O3/c1-6-23(2)30(41)35-29(33(3,4)5)32(43)39-19-10-13-27(39)21-38(20-18-24-14-16-25(34)17-15-24)31(42)28-22-40(37-36-28)26-11-8-7-9-12-26/h7-9,11-12,14-17,22-23,27,29H,6,10,13,18-21H2,1-5H3,(H,35,41)/t23-,27+,29-/m1/s1. The molecule has 230 valence electrons. The molecule has 3 amide bonds. The Kier molecular flexibility index (Phi) is 10.3. The van der Waals surface area contributed by atoms with Gasteiger partial charge in [0.25, 0.3) is 5.91 Å². The zero-order valence-electron chi connectivity index (χ0n) is 25.8. The van der Waals surface area contributed by atoms with Crippen molar-refractivity contribution in [3.8, 4) is 5.69 Å². The lowest BCUT2D eigenvalue weighted by molar-refractivity contribution is -0.141. The number of amides is 3. The number of likely N-dealkylation sites (tertiary alicyclic amines) is 1. The predicted octanol–water partition coefficient (Wildman–Crippen LogP) is 4.66. The number of halogens is 1. The van der Waals surface area contributed by atoms with Gasteiger partial charge in [0.2, 0.25) is 11.8 Å². The second-order valence-corrected chi connectivity index (χ2v) is 12.5. The van der Waals surface area contributed by atoms with Crippen LogP contribution in [0.2, 0.25) is 0 Å². The Bertz CT molecular complexity index is 1390. The van der Waals surface area contributed by atoms with Gasteiger partial charge in [-0.25, -0.2) is 9.07 Å². The van der Waals surface area contributed by atoms with Crippen LogP contribution in [0.3, 0.4) is 0 Å². The quantitative estimate of drug-likeness (QED) is 0.350. The molecule has 1 aliphatic rings. The molecule has 9 nitrogen and oxygen atoms in total. The van der Waals surface area contributed by atoms with Gasteiger partial charge in [-0.1, -0.05) is 70.2 Å². The highest BCUT2D eigenvalue weighted by atomic mass is 19.1. The highest BCUT2D eigenvalue weighted by Gasteiger charge is 2.41. The molecule has 10 heteroatoms. The van der Waals surface area contributed by atoms with E-state index in [9.17, 15) is 18.8 Å². The van der Waals surface area contributed by atoms with Gasteiger partial charge in [0.1, 0.15) is 11.9 Å². The minimum Gasteiger partial charge on any atom is -0.344 e. The fourth-order valence-corrected chi connectivity index (χ4v) is 5.28. The molecule has 3 atom stereocenters. The Morgan fingerprint density at radius 1 is 1.09 bits per heavy atom. The molecule has 1 fully saturated rings. The lowest BCUT2D eigenvalue weighted by atomic mass is 9.85. The summed E-state index contributed by atoms with van der Waals surface area (Å²) >= 11 is 0. The van der Waals surface area contributed by atoms with Crippen molar-refractivity contribution in [1.82, 2.24) is 30.1 Å². The maximum absolute atomic E-state index is 14.0. The third-order valence-electron chi connectivity index (χ3n) is 8.15. The van der Waals surface area contributed by atoms with Crippen LogP contribution in [-0.2, 0) is 16.0 Å². The van der Waals surface area contributed by atoms with Crippen molar-refractivity contribution in [2.24, 2.45) is 11.3 Å². The second kappa shape index (κ2) is 13.9. The van der Waals surface area contributed by atoms with Crippen molar-refractivity contribution >= 4 is 17.7 Å². The van der Waals surface area contributed by atoms with Gasteiger partial charge in [0, 0.05) is 31.6 Å². The van der Waals surface area contributed by atoms with E-state index in [1.807, 2.05) is 69.9 Å². The first kappa shape index (κ1) is 31.8. The summed E-state index contributed by atoms with van der Waals surface area (Å²) in [6.07, 6.45) is 4.34. The molecule has 1 aliphatic heterocycles. The van der Waals surface area contributed by atoms with Gasteiger partial charge < -0.3 is 15.1 Å². The Morgan fingerprint density at radius 3 is 2.44 bits per heavy atom. The molecule has 0 bridgehead atoms. The smallest absolute Gasteiger partial charge is 0.276 e. The molecule has 43 heavy (non-hydrogen) atoms. The van der Waals surface area contributed by atoms with E-state index >= 15 is 0 Å². The first-order valence-electron chi connectivity index (χ1n) is 15.1. The van der Waals surface area contributed by atoms with Crippen molar-refractivity contribution in [3.63, 3.8) is 0 Å². The van der Waals surface area contributed by atoms with E-state index in [0.29, 0.717) is 32.5 Å². The van der Waals surface area contributed by atoms with E-state index in [4.69, 9.17) is 0 Å². The van der Waals surface area contributed by atoms with E-state index in [-0.39, 0.29) is 41.2 Å². The molecule has 0 aliphatic carbocycles. The van der Waals surface area contributed by atoms with Gasteiger partial charge >= 0.3 is 0 Å². The summed E-state index contributed by atoms with van der Waals surface area (Å²) in [5.41, 5.74) is 1.38. The summed E-state index contributed by atoms with van der Waals surface area (Å²) in [6, 6.07) is 14.7. The van der Waals surface area contributed by atoms with Crippen molar-refractivity contribution in [2.75, 3.05) is 19.6 Å². The Morgan fingerprint density at radius 2 is 1.79 bits per heavy atom. The van der Waals surface area contributed by atoms with Gasteiger partial charge in [-0.15, -0.1) is 5.10 Å². The zero-order valence-corrected chi connectivity index (χ0v) is 25.8. The van der Waals surface area contributed by atoms with Crippen molar-refractivity contribution < 1.29 is 18.8 Å². The number of carbonyl (C=O) groups is 3. The van der Waals surface area contributed by atoms with Crippen LogP contribution in [0.5, 0.6) is 0 Å². The minimum absolute atomic E-state index is 0.132. The van der Waals surface area contributed by atoms with Crippen LogP contribution in [-0.4, -0.2) is 74.2 Å². The molecular formula is C33H43FN6O3. The molecule has 3 aromatic rings. The van der Waals surface area contributed by atoms with Crippen molar-refractivity contribution in [2.45, 2.75) is 72.4 Å². The zero-order chi connectivity index (χ0) is 31.1. The number of para-hydroxylation sites is 1. The summed E-state index contributed by atoms with van der Waals surface area (Å²) in [7, 11) is 0. The first-order chi connectivity index (χ1) is 20.5. The molecule has 2 aromatic carbocycles. The van der Waals surface area contributed by atoms with Crippen LogP contribution in [0.15, 0.2) is 60.8 Å². The predicted molar refractivity (Wildman–Crippen MR) is 163 cm³/mol. The minimum atomic E-state index is -0.691. The van der Waals surface area contributed by atoms with E-state index in [1.54, 1.807) is 27.9 Å². The van der Waals surface area contributed by atoms with Crippen LogP contribution in [0.1, 0.15) is 69.9 Å². The van der Waals surface area contributed by atoms with Gasteiger partial charge in [0.15, 0.2) is 5.69 Å². The van der Waals surface area contributed by atoms with E-state index in [1.165, 1.54) is 12.1 Å². The Hall–Kier alpha value is -4.08. The van der Waals surface area contributed by atoms with Gasteiger partial charge in [0.05, 0.1) is 11.9 Å². The molecule has 0 unspecified atom stereocenters. The lowest BCUT2D eigenvalue weighted by Crippen LogP contribution is -2.57. The van der Waals surface area contributed by atoms with Crippen LogP contribution in [0, 0.1) is 17.2 Å². The number of carbonyl (C=O) groups excluding carboxylic acids is 3. The first-order valence-corrected chi connectivity index (χ1v) is 15.1. The average Bonchev–Trinajstić information content (AvgIpc) is 3.68. The number of hydrogen-bond acceptors (Lipinski definition) is 5.